The van der Waals surface area contributed by atoms with Crippen molar-refractivity contribution in [2.75, 3.05) is 19.8 Å². The van der Waals surface area contributed by atoms with Crippen molar-refractivity contribution in [1.82, 2.24) is 0 Å². The van der Waals surface area contributed by atoms with Gasteiger partial charge in [-0.3, -0.25) is 4.79 Å². The zero-order chi connectivity index (χ0) is 21.5. The molecule has 7 nitrogen and oxygen atoms in total. The second kappa shape index (κ2) is 9.93. The molecule has 0 unspecified atom stereocenters. The number of rotatable bonds is 9. The fraction of sp³-hybridized carbons (Fsp3) is 0.304. The van der Waals surface area contributed by atoms with E-state index in [1.165, 1.54) is 6.26 Å². The topological polar surface area (TPSA) is 84.2 Å². The van der Waals surface area contributed by atoms with E-state index in [4.69, 9.17) is 23.4 Å². The van der Waals surface area contributed by atoms with E-state index >= 15 is 0 Å². The summed E-state index contributed by atoms with van der Waals surface area (Å²) in [5.41, 5.74) is 1.05. The maximum atomic E-state index is 12.7. The fourth-order valence-electron chi connectivity index (χ4n) is 2.76. The Morgan fingerprint density at radius 2 is 1.93 bits per heavy atom. The molecule has 0 aliphatic rings. The van der Waals surface area contributed by atoms with E-state index in [0.29, 0.717) is 35.7 Å². The number of benzene rings is 2. The minimum absolute atomic E-state index is 0.0908. The summed E-state index contributed by atoms with van der Waals surface area (Å²) < 4.78 is 27.1. The Morgan fingerprint density at radius 1 is 1.10 bits per heavy atom. The molecule has 0 saturated heterocycles. The highest BCUT2D eigenvalue weighted by molar-refractivity contribution is 5.79. The molecule has 1 aromatic heterocycles. The molecule has 1 heterocycles. The molecule has 30 heavy (non-hydrogen) atoms. The van der Waals surface area contributed by atoms with Gasteiger partial charge in [-0.1, -0.05) is 12.1 Å². The van der Waals surface area contributed by atoms with E-state index in [2.05, 4.69) is 0 Å². The normalized spacial score (nSPS) is 11.8. The Bertz CT molecular complexity index is 1070. The van der Waals surface area contributed by atoms with Gasteiger partial charge in [0.1, 0.15) is 30.0 Å². The summed E-state index contributed by atoms with van der Waals surface area (Å²) in [6, 6.07) is 12.1. The van der Waals surface area contributed by atoms with Crippen LogP contribution in [0.1, 0.15) is 19.4 Å². The number of ether oxygens (including phenoxy) is 4. The van der Waals surface area contributed by atoms with Gasteiger partial charge in [-0.15, -0.1) is 0 Å². The molecule has 3 rings (SSSR count). The van der Waals surface area contributed by atoms with Gasteiger partial charge in [-0.25, -0.2) is 4.79 Å². The molecule has 0 aliphatic carbocycles. The Balaban J connectivity index is 1.71. The van der Waals surface area contributed by atoms with E-state index in [1.54, 1.807) is 31.2 Å². The van der Waals surface area contributed by atoms with Gasteiger partial charge >= 0.3 is 5.97 Å². The van der Waals surface area contributed by atoms with Crippen LogP contribution in [-0.2, 0) is 14.3 Å². The van der Waals surface area contributed by atoms with Crippen molar-refractivity contribution < 1.29 is 28.2 Å². The number of carbonyl (C=O) groups excluding carboxylic acids is 1. The summed E-state index contributed by atoms with van der Waals surface area (Å²) in [6.45, 7) is 6.45. The van der Waals surface area contributed by atoms with Gasteiger partial charge in [-0.05, 0) is 50.6 Å². The average molecular weight is 412 g/mol. The van der Waals surface area contributed by atoms with Gasteiger partial charge in [-0.2, -0.15) is 0 Å². The van der Waals surface area contributed by atoms with Crippen LogP contribution < -0.4 is 14.9 Å². The van der Waals surface area contributed by atoms with Crippen molar-refractivity contribution in [2.45, 2.75) is 26.9 Å². The van der Waals surface area contributed by atoms with E-state index in [0.717, 1.165) is 5.56 Å². The van der Waals surface area contributed by atoms with E-state index < -0.39 is 12.1 Å². The van der Waals surface area contributed by atoms with Crippen molar-refractivity contribution in [3.05, 3.63) is 64.5 Å². The molecule has 0 amide bonds. The number of carbonyl (C=O) groups is 1. The maximum absolute atomic E-state index is 12.7. The first-order valence-corrected chi connectivity index (χ1v) is 9.69. The van der Waals surface area contributed by atoms with Crippen molar-refractivity contribution in [1.29, 1.82) is 0 Å². The first kappa shape index (κ1) is 21.4. The molecular formula is C23H24O7. The largest absolute Gasteiger partial charge is 0.479 e. The fourth-order valence-corrected chi connectivity index (χ4v) is 2.76. The lowest BCUT2D eigenvalue weighted by atomic mass is 10.2. The Labute approximate surface area is 174 Å². The van der Waals surface area contributed by atoms with Crippen LogP contribution in [0.3, 0.4) is 0 Å². The first-order chi connectivity index (χ1) is 14.5. The van der Waals surface area contributed by atoms with Crippen molar-refractivity contribution in [3.8, 4) is 17.2 Å². The molecule has 7 heteroatoms. The molecule has 0 bridgehead atoms. The lowest BCUT2D eigenvalue weighted by molar-refractivity contribution is -0.152. The lowest BCUT2D eigenvalue weighted by Gasteiger charge is -2.14. The van der Waals surface area contributed by atoms with Gasteiger partial charge in [0.05, 0.1) is 12.0 Å². The van der Waals surface area contributed by atoms with Gasteiger partial charge in [0, 0.05) is 12.7 Å². The Kier molecular flexibility index (Phi) is 7.08. The molecule has 158 valence electrons. The van der Waals surface area contributed by atoms with Crippen molar-refractivity contribution >= 4 is 16.9 Å². The zero-order valence-corrected chi connectivity index (χ0v) is 17.2. The third-order valence-corrected chi connectivity index (χ3v) is 4.25. The number of fused-ring (bicyclic) bond motifs is 1. The summed E-state index contributed by atoms with van der Waals surface area (Å²) >= 11 is 0. The number of hydrogen-bond acceptors (Lipinski definition) is 7. The van der Waals surface area contributed by atoms with Crippen molar-refractivity contribution in [3.63, 3.8) is 0 Å². The van der Waals surface area contributed by atoms with Crippen LogP contribution in [0.25, 0.3) is 11.0 Å². The third-order valence-electron chi connectivity index (χ3n) is 4.25. The summed E-state index contributed by atoms with van der Waals surface area (Å²) in [7, 11) is 0. The smallest absolute Gasteiger partial charge is 0.347 e. The molecule has 2 aromatic carbocycles. The monoisotopic (exact) mass is 412 g/mol. The van der Waals surface area contributed by atoms with E-state index in [9.17, 15) is 9.59 Å². The molecule has 0 saturated carbocycles. The predicted octanol–water partition coefficient (Wildman–Crippen LogP) is 4.24. The molecule has 0 aliphatic heterocycles. The van der Waals surface area contributed by atoms with Crippen LogP contribution in [0.4, 0.5) is 0 Å². The van der Waals surface area contributed by atoms with Gasteiger partial charge in [0.15, 0.2) is 6.10 Å². The quantitative estimate of drug-likeness (QED) is 0.384. The summed E-state index contributed by atoms with van der Waals surface area (Å²) in [5, 5.41) is 0.347. The SMILES string of the molecule is CCOCCOC(=O)[C@H](C)Oc1ccc2c(=O)c(Oc3cccc(C)c3)coc2c1. The van der Waals surface area contributed by atoms with Crippen molar-refractivity contribution in [2.24, 2.45) is 0 Å². The van der Waals surface area contributed by atoms with Crippen LogP contribution in [0, 0.1) is 6.92 Å². The molecule has 3 aromatic rings. The highest BCUT2D eigenvalue weighted by Gasteiger charge is 2.17. The molecule has 0 fully saturated rings. The van der Waals surface area contributed by atoms with E-state index in [-0.39, 0.29) is 17.8 Å². The molecular weight excluding hydrogens is 388 g/mol. The minimum Gasteiger partial charge on any atom is -0.479 e. The Morgan fingerprint density at radius 3 is 2.70 bits per heavy atom. The third kappa shape index (κ3) is 5.39. The summed E-state index contributed by atoms with van der Waals surface area (Å²) in [6.07, 6.45) is 0.446. The summed E-state index contributed by atoms with van der Waals surface area (Å²) in [4.78, 5) is 24.7. The van der Waals surface area contributed by atoms with Gasteiger partial charge in [0.2, 0.25) is 11.2 Å². The number of esters is 1. The average Bonchev–Trinajstić information content (AvgIpc) is 2.73. The van der Waals surface area contributed by atoms with Crippen LogP contribution in [-0.4, -0.2) is 31.9 Å². The van der Waals surface area contributed by atoms with Crippen LogP contribution >= 0.6 is 0 Å². The summed E-state index contributed by atoms with van der Waals surface area (Å²) in [5.74, 6) is 0.525. The second-order valence-corrected chi connectivity index (χ2v) is 6.63. The van der Waals surface area contributed by atoms with E-state index in [1.807, 2.05) is 32.0 Å². The van der Waals surface area contributed by atoms with Gasteiger partial charge < -0.3 is 23.4 Å². The molecule has 0 radical (unpaired) electrons. The second-order valence-electron chi connectivity index (χ2n) is 6.63. The number of aryl methyl sites for hydroxylation is 1. The van der Waals surface area contributed by atoms with Crippen LogP contribution in [0.2, 0.25) is 0 Å². The zero-order valence-electron chi connectivity index (χ0n) is 17.2. The minimum atomic E-state index is -0.820. The molecule has 1 atom stereocenters. The lowest BCUT2D eigenvalue weighted by Crippen LogP contribution is -2.27. The highest BCUT2D eigenvalue weighted by atomic mass is 16.6. The van der Waals surface area contributed by atoms with Crippen LogP contribution in [0.15, 0.2) is 57.9 Å². The number of hydrogen-bond donors (Lipinski definition) is 0. The van der Waals surface area contributed by atoms with Crippen LogP contribution in [0.5, 0.6) is 17.2 Å². The van der Waals surface area contributed by atoms with Gasteiger partial charge in [0.25, 0.3) is 0 Å². The Hall–Kier alpha value is -3.32. The molecule has 0 N–H and O–H groups in total. The molecule has 0 spiro atoms. The maximum Gasteiger partial charge on any atom is 0.347 e. The highest BCUT2D eigenvalue weighted by Crippen LogP contribution is 2.25. The predicted molar refractivity (Wildman–Crippen MR) is 111 cm³/mol. The standard InChI is InChI=1S/C23H24O7/c1-4-26-10-11-27-23(25)16(3)29-18-8-9-19-20(13-18)28-14-21(22(19)24)30-17-7-5-6-15(2)12-17/h5-9,12-14,16H,4,10-11H2,1-3H3/t16-/m0/s1. The first-order valence-electron chi connectivity index (χ1n) is 9.69.